The summed E-state index contributed by atoms with van der Waals surface area (Å²) in [6.07, 6.45) is 1.73. The van der Waals surface area contributed by atoms with Gasteiger partial charge in [-0.2, -0.15) is 0 Å². The average Bonchev–Trinajstić information content (AvgIpc) is 2.50. The summed E-state index contributed by atoms with van der Waals surface area (Å²) in [5, 5.41) is 0. The van der Waals surface area contributed by atoms with Gasteiger partial charge in [-0.3, -0.25) is 14.5 Å². The van der Waals surface area contributed by atoms with Gasteiger partial charge >= 0.3 is 0 Å². The van der Waals surface area contributed by atoms with Crippen LogP contribution in [0.3, 0.4) is 0 Å². The summed E-state index contributed by atoms with van der Waals surface area (Å²) in [5.41, 5.74) is 1.16. The molecule has 1 heterocycles. The van der Waals surface area contributed by atoms with Gasteiger partial charge in [0.05, 0.1) is 6.42 Å². The Labute approximate surface area is 92.2 Å². The van der Waals surface area contributed by atoms with Gasteiger partial charge in [0.2, 0.25) is 5.91 Å². The average molecular weight is 219 g/mol. The van der Waals surface area contributed by atoms with Crippen LogP contribution in [0.25, 0.3) is 6.08 Å². The predicted molar refractivity (Wildman–Crippen MR) is 56.8 cm³/mol. The minimum absolute atomic E-state index is 0.118. The molecule has 1 fully saturated rings. The Hall–Kier alpha value is -1.97. The van der Waals surface area contributed by atoms with Crippen molar-refractivity contribution in [2.24, 2.45) is 0 Å². The second-order valence-corrected chi connectivity index (χ2v) is 3.66. The predicted octanol–water partition coefficient (Wildman–Crippen LogP) is 1.60. The Morgan fingerprint density at radius 1 is 1.25 bits per heavy atom. The van der Waals surface area contributed by atoms with Crippen molar-refractivity contribution in [3.8, 4) is 0 Å². The van der Waals surface area contributed by atoms with Gasteiger partial charge in [0.1, 0.15) is 5.82 Å². The molecule has 2 amide bonds. The van der Waals surface area contributed by atoms with Crippen molar-refractivity contribution in [1.29, 1.82) is 0 Å². The molecule has 0 aromatic heterocycles. The van der Waals surface area contributed by atoms with Crippen LogP contribution in [0.5, 0.6) is 0 Å². The summed E-state index contributed by atoms with van der Waals surface area (Å²) in [6, 6.07) is 5.77. The molecule has 2 rings (SSSR count). The maximum atomic E-state index is 12.7. The van der Waals surface area contributed by atoms with Gasteiger partial charge in [-0.25, -0.2) is 4.39 Å². The highest BCUT2D eigenvalue weighted by Gasteiger charge is 2.30. The zero-order valence-electron chi connectivity index (χ0n) is 8.74. The lowest BCUT2D eigenvalue weighted by molar-refractivity contribution is -0.135. The molecule has 0 bridgehead atoms. The fourth-order valence-electron chi connectivity index (χ4n) is 1.56. The van der Waals surface area contributed by atoms with E-state index < -0.39 is 0 Å². The van der Waals surface area contributed by atoms with Crippen LogP contribution in [-0.2, 0) is 9.59 Å². The van der Waals surface area contributed by atoms with Crippen LogP contribution >= 0.6 is 0 Å². The first-order valence-electron chi connectivity index (χ1n) is 4.85. The maximum absolute atomic E-state index is 12.7. The molecule has 0 unspecified atom stereocenters. The van der Waals surface area contributed by atoms with Crippen LogP contribution in [0.1, 0.15) is 12.0 Å². The van der Waals surface area contributed by atoms with Crippen LogP contribution in [0.2, 0.25) is 0 Å². The second-order valence-electron chi connectivity index (χ2n) is 3.66. The Morgan fingerprint density at radius 2 is 1.88 bits per heavy atom. The summed E-state index contributed by atoms with van der Waals surface area (Å²) < 4.78 is 12.7. The number of hydrogen-bond acceptors (Lipinski definition) is 2. The highest BCUT2D eigenvalue weighted by atomic mass is 19.1. The van der Waals surface area contributed by atoms with Crippen LogP contribution in [0.15, 0.2) is 29.8 Å². The van der Waals surface area contributed by atoms with Crippen molar-refractivity contribution < 1.29 is 14.0 Å². The van der Waals surface area contributed by atoms with Crippen molar-refractivity contribution >= 4 is 17.9 Å². The second kappa shape index (κ2) is 3.89. The lowest BCUT2D eigenvalue weighted by atomic mass is 10.1. The molecule has 0 atom stereocenters. The zero-order valence-corrected chi connectivity index (χ0v) is 8.74. The van der Waals surface area contributed by atoms with E-state index in [4.69, 9.17) is 0 Å². The molecule has 82 valence electrons. The Morgan fingerprint density at radius 3 is 2.38 bits per heavy atom. The monoisotopic (exact) mass is 219 g/mol. The number of benzene rings is 1. The minimum Gasteiger partial charge on any atom is -0.282 e. The van der Waals surface area contributed by atoms with Crippen molar-refractivity contribution in [1.82, 2.24) is 4.90 Å². The first-order valence-corrected chi connectivity index (χ1v) is 4.85. The highest BCUT2D eigenvalue weighted by Crippen LogP contribution is 2.20. The van der Waals surface area contributed by atoms with Crippen molar-refractivity contribution in [3.05, 3.63) is 41.2 Å². The van der Waals surface area contributed by atoms with Crippen LogP contribution in [0, 0.1) is 5.82 Å². The lowest BCUT2D eigenvalue weighted by Crippen LogP contribution is -2.23. The molecular weight excluding hydrogens is 209 g/mol. The van der Waals surface area contributed by atoms with Gasteiger partial charge in [-0.15, -0.1) is 0 Å². The van der Waals surface area contributed by atoms with Gasteiger partial charge in [0.25, 0.3) is 5.91 Å². The number of hydrogen-bond donors (Lipinski definition) is 0. The van der Waals surface area contributed by atoms with E-state index in [9.17, 15) is 14.0 Å². The minimum atomic E-state index is -0.326. The van der Waals surface area contributed by atoms with E-state index in [1.165, 1.54) is 19.2 Å². The van der Waals surface area contributed by atoms with E-state index in [0.29, 0.717) is 11.1 Å². The fraction of sp³-hybridized carbons (Fsp3) is 0.167. The molecule has 1 aromatic carbocycles. The molecule has 1 aliphatic heterocycles. The summed E-state index contributed by atoms with van der Waals surface area (Å²) in [5.74, 6) is -0.819. The molecule has 1 saturated heterocycles. The van der Waals surface area contributed by atoms with E-state index in [1.807, 2.05) is 0 Å². The standard InChI is InChI=1S/C12H10FNO2/c1-14-11(15)7-9(12(14)16)6-8-2-4-10(13)5-3-8/h2-6H,7H2,1H3/b9-6+. The van der Waals surface area contributed by atoms with E-state index >= 15 is 0 Å². The zero-order chi connectivity index (χ0) is 11.7. The first kappa shape index (κ1) is 10.5. The molecule has 3 nitrogen and oxygen atoms in total. The van der Waals surface area contributed by atoms with Gasteiger partial charge in [-0.05, 0) is 23.8 Å². The van der Waals surface area contributed by atoms with Crippen molar-refractivity contribution in [2.45, 2.75) is 6.42 Å². The molecule has 4 heteroatoms. The Balaban J connectivity index is 2.29. The van der Waals surface area contributed by atoms with Gasteiger partial charge in [0, 0.05) is 12.6 Å². The van der Waals surface area contributed by atoms with Crippen LogP contribution in [0.4, 0.5) is 4.39 Å². The van der Waals surface area contributed by atoms with Crippen molar-refractivity contribution in [3.63, 3.8) is 0 Å². The molecule has 0 aliphatic carbocycles. The normalized spacial score (nSPS) is 18.6. The number of nitrogens with zero attached hydrogens (tertiary/aromatic N) is 1. The third-order valence-corrected chi connectivity index (χ3v) is 2.51. The number of amides is 2. The highest BCUT2D eigenvalue weighted by molar-refractivity contribution is 6.15. The largest absolute Gasteiger partial charge is 0.282 e. The van der Waals surface area contributed by atoms with E-state index in [1.54, 1.807) is 18.2 Å². The van der Waals surface area contributed by atoms with Gasteiger partial charge < -0.3 is 0 Å². The SMILES string of the molecule is CN1C(=O)C/C(=C\c2ccc(F)cc2)C1=O. The maximum Gasteiger partial charge on any atom is 0.256 e. The van der Waals surface area contributed by atoms with E-state index in [0.717, 1.165) is 4.90 Å². The number of likely N-dealkylation sites (tertiary alicyclic amines) is 1. The quantitative estimate of drug-likeness (QED) is 0.531. The molecule has 0 saturated carbocycles. The topological polar surface area (TPSA) is 37.4 Å². The molecule has 0 radical (unpaired) electrons. The molecule has 16 heavy (non-hydrogen) atoms. The third-order valence-electron chi connectivity index (χ3n) is 2.51. The van der Waals surface area contributed by atoms with E-state index in [-0.39, 0.29) is 24.1 Å². The fourth-order valence-corrected chi connectivity index (χ4v) is 1.56. The van der Waals surface area contributed by atoms with Crippen LogP contribution < -0.4 is 0 Å². The summed E-state index contributed by atoms with van der Waals surface area (Å²) >= 11 is 0. The first-order chi connectivity index (χ1) is 7.58. The number of imide groups is 1. The lowest BCUT2D eigenvalue weighted by Gasteiger charge is -2.02. The molecule has 1 aliphatic rings. The number of carbonyl (C=O) groups excluding carboxylic acids is 2. The summed E-state index contributed by atoms with van der Waals surface area (Å²) in [6.45, 7) is 0. The Bertz CT molecular complexity index is 476. The van der Waals surface area contributed by atoms with Gasteiger partial charge in [0.15, 0.2) is 0 Å². The Kier molecular flexibility index (Phi) is 2.56. The number of likely N-dealkylation sites (N-methyl/N-ethyl adjacent to an activating group) is 1. The van der Waals surface area contributed by atoms with Crippen LogP contribution in [-0.4, -0.2) is 23.8 Å². The number of carbonyl (C=O) groups is 2. The molecule has 0 N–H and O–H groups in total. The number of rotatable bonds is 1. The molecular formula is C12H10FNO2. The molecule has 0 spiro atoms. The number of halogens is 1. The summed E-state index contributed by atoms with van der Waals surface area (Å²) in [7, 11) is 1.45. The van der Waals surface area contributed by atoms with Gasteiger partial charge in [-0.1, -0.05) is 12.1 Å². The van der Waals surface area contributed by atoms with E-state index in [2.05, 4.69) is 0 Å². The van der Waals surface area contributed by atoms with Crippen molar-refractivity contribution in [2.75, 3.05) is 7.05 Å². The third kappa shape index (κ3) is 1.86. The summed E-state index contributed by atoms with van der Waals surface area (Å²) in [4.78, 5) is 23.9. The smallest absolute Gasteiger partial charge is 0.256 e. The molecule has 1 aromatic rings.